The van der Waals surface area contributed by atoms with E-state index < -0.39 is 10.8 Å². The van der Waals surface area contributed by atoms with Gasteiger partial charge in [0.15, 0.2) is 0 Å². The maximum absolute atomic E-state index is 2.49. The fraction of sp³-hybridized carbons (Fsp3) is 0.0345. The average molecular weight is 735 g/mol. The molecule has 0 nitrogen and oxygen atoms in total. The summed E-state index contributed by atoms with van der Waals surface area (Å²) in [6, 6.07) is 86.5. The van der Waals surface area contributed by atoms with E-state index in [9.17, 15) is 0 Å². The zero-order valence-corrected chi connectivity index (χ0v) is 31.9. The van der Waals surface area contributed by atoms with Gasteiger partial charge in [0.25, 0.3) is 0 Å². The van der Waals surface area contributed by atoms with Crippen LogP contribution in [0.2, 0.25) is 0 Å². The Bertz CT molecular complexity index is 3110. The van der Waals surface area contributed by atoms with Gasteiger partial charge < -0.3 is 0 Å². The monoisotopic (exact) mass is 734 g/mol. The van der Waals surface area contributed by atoms with E-state index in [1.54, 1.807) is 0 Å². The fourth-order valence-electron chi connectivity index (χ4n) is 11.0. The minimum atomic E-state index is -0.585. The molecular formula is C58H38. The SMILES string of the molecule is c1ccc(C2(c3ccccc3)c3ccccc3-c3ccc4c5c(ccc2c35)C(c2ccccc2)(c2ccccc2)c2ccc(-c3cccc5ccccc35)cc2-4)cc1. The summed E-state index contributed by atoms with van der Waals surface area (Å²) in [7, 11) is 0. The first kappa shape index (κ1) is 32.9. The minimum absolute atomic E-state index is 0.545. The first-order valence-electron chi connectivity index (χ1n) is 20.4. The summed E-state index contributed by atoms with van der Waals surface area (Å²) >= 11 is 0. The Balaban J connectivity index is 1.29. The molecule has 0 heteroatoms. The first-order chi connectivity index (χ1) is 28.8. The molecule has 2 aliphatic carbocycles. The maximum Gasteiger partial charge on any atom is 0.0713 e. The molecule has 0 spiro atoms. The van der Waals surface area contributed by atoms with Gasteiger partial charge in [-0.2, -0.15) is 0 Å². The van der Waals surface area contributed by atoms with Gasteiger partial charge in [0.1, 0.15) is 0 Å². The normalized spacial score (nSPS) is 14.1. The number of benzene rings is 10. The van der Waals surface area contributed by atoms with Crippen LogP contribution in [-0.2, 0) is 10.8 Å². The Labute approximate surface area is 339 Å². The third-order valence-electron chi connectivity index (χ3n) is 13.2. The van der Waals surface area contributed by atoms with Crippen molar-refractivity contribution in [3.8, 4) is 33.4 Å². The van der Waals surface area contributed by atoms with Crippen molar-refractivity contribution in [2.45, 2.75) is 10.8 Å². The molecule has 12 rings (SSSR count). The molecule has 0 aliphatic heterocycles. The van der Waals surface area contributed by atoms with E-state index in [4.69, 9.17) is 0 Å². The lowest BCUT2D eigenvalue weighted by Gasteiger charge is -2.46. The van der Waals surface area contributed by atoms with Crippen molar-refractivity contribution >= 4 is 21.5 Å². The van der Waals surface area contributed by atoms with Crippen molar-refractivity contribution in [1.82, 2.24) is 0 Å². The van der Waals surface area contributed by atoms with Crippen LogP contribution in [0.1, 0.15) is 44.5 Å². The highest BCUT2D eigenvalue weighted by molar-refractivity contribution is 6.15. The second-order valence-corrected chi connectivity index (χ2v) is 15.9. The van der Waals surface area contributed by atoms with Gasteiger partial charge in [0.2, 0.25) is 0 Å². The highest BCUT2D eigenvalue weighted by atomic mass is 14.5. The van der Waals surface area contributed by atoms with Gasteiger partial charge in [-0.3, -0.25) is 0 Å². The van der Waals surface area contributed by atoms with Gasteiger partial charge in [-0.05, 0) is 105 Å². The molecule has 0 fully saturated rings. The van der Waals surface area contributed by atoms with Crippen molar-refractivity contribution in [3.63, 3.8) is 0 Å². The highest BCUT2D eigenvalue weighted by Crippen LogP contribution is 2.62. The van der Waals surface area contributed by atoms with E-state index in [2.05, 4.69) is 231 Å². The lowest BCUT2D eigenvalue weighted by molar-refractivity contribution is 0.735. The summed E-state index contributed by atoms with van der Waals surface area (Å²) in [5, 5.41) is 5.18. The number of fused-ring (bicyclic) bond motifs is 5. The van der Waals surface area contributed by atoms with Crippen molar-refractivity contribution in [1.29, 1.82) is 0 Å². The Kier molecular flexibility index (Phi) is 7.16. The van der Waals surface area contributed by atoms with Gasteiger partial charge >= 0.3 is 0 Å². The third-order valence-corrected chi connectivity index (χ3v) is 13.2. The topological polar surface area (TPSA) is 0 Å². The molecule has 10 aromatic carbocycles. The van der Waals surface area contributed by atoms with Crippen molar-refractivity contribution < 1.29 is 0 Å². The van der Waals surface area contributed by atoms with E-state index >= 15 is 0 Å². The van der Waals surface area contributed by atoms with E-state index in [0.717, 1.165) is 0 Å². The van der Waals surface area contributed by atoms with Crippen LogP contribution in [0, 0.1) is 0 Å². The Morgan fingerprint density at radius 1 is 0.241 bits per heavy atom. The standard InChI is InChI=1S/C58H38/c1-5-20-41(21-6-1)57(42-22-7-2-8-23-42)51-31-16-15-29-47(51)48-33-34-49-50-38-40(46-30-17-19-39-18-13-14-28-45(39)46)32-35-52(50)58(43-24-9-3-10-25-43,44-26-11-4-12-27-44)54-37-36-53(57)55(48)56(49)54/h1-38H. The average Bonchev–Trinajstić information content (AvgIpc) is 3.31. The summed E-state index contributed by atoms with van der Waals surface area (Å²) < 4.78 is 0. The van der Waals surface area contributed by atoms with E-state index in [-0.39, 0.29) is 0 Å². The van der Waals surface area contributed by atoms with Crippen LogP contribution in [0.3, 0.4) is 0 Å². The van der Waals surface area contributed by atoms with E-state index in [1.165, 1.54) is 99.4 Å². The second-order valence-electron chi connectivity index (χ2n) is 15.9. The van der Waals surface area contributed by atoms with Gasteiger partial charge in [0.05, 0.1) is 10.8 Å². The van der Waals surface area contributed by atoms with E-state index in [0.29, 0.717) is 0 Å². The molecule has 0 saturated heterocycles. The molecule has 58 heavy (non-hydrogen) atoms. The smallest absolute Gasteiger partial charge is 0.0622 e. The summed E-state index contributed by atoms with van der Waals surface area (Å²) in [6.45, 7) is 0. The fourth-order valence-corrected chi connectivity index (χ4v) is 11.0. The predicted octanol–water partition coefficient (Wildman–Crippen LogP) is 14.4. The zero-order chi connectivity index (χ0) is 38.3. The maximum atomic E-state index is 2.49. The van der Waals surface area contributed by atoms with Crippen LogP contribution >= 0.6 is 0 Å². The molecule has 0 aromatic heterocycles. The number of hydrogen-bond acceptors (Lipinski definition) is 0. The number of rotatable bonds is 5. The van der Waals surface area contributed by atoms with Crippen LogP contribution < -0.4 is 0 Å². The largest absolute Gasteiger partial charge is 0.0713 e. The molecule has 0 unspecified atom stereocenters. The van der Waals surface area contributed by atoms with Crippen molar-refractivity contribution in [2.75, 3.05) is 0 Å². The lowest BCUT2D eigenvalue weighted by Crippen LogP contribution is -2.36. The van der Waals surface area contributed by atoms with Crippen LogP contribution in [0.15, 0.2) is 231 Å². The molecule has 270 valence electrons. The molecule has 0 bridgehead atoms. The number of hydrogen-bond donors (Lipinski definition) is 0. The summed E-state index contributed by atoms with van der Waals surface area (Å²) in [5.41, 5.74) is 16.8. The second kappa shape index (κ2) is 12.6. The molecule has 2 aliphatic rings. The Morgan fingerprint density at radius 3 is 1.22 bits per heavy atom. The quantitative estimate of drug-likeness (QED) is 0.165. The molecule has 0 N–H and O–H groups in total. The van der Waals surface area contributed by atoms with Crippen LogP contribution in [-0.4, -0.2) is 0 Å². The zero-order valence-electron chi connectivity index (χ0n) is 31.9. The van der Waals surface area contributed by atoms with Crippen LogP contribution in [0.4, 0.5) is 0 Å². The van der Waals surface area contributed by atoms with Crippen LogP contribution in [0.5, 0.6) is 0 Å². The van der Waals surface area contributed by atoms with E-state index in [1.807, 2.05) is 0 Å². The van der Waals surface area contributed by atoms with Gasteiger partial charge in [-0.25, -0.2) is 0 Å². The molecular weight excluding hydrogens is 697 g/mol. The molecule has 10 aromatic rings. The summed E-state index contributed by atoms with van der Waals surface area (Å²) in [4.78, 5) is 0. The summed E-state index contributed by atoms with van der Waals surface area (Å²) in [6.07, 6.45) is 0. The van der Waals surface area contributed by atoms with Crippen molar-refractivity contribution in [2.24, 2.45) is 0 Å². The first-order valence-corrected chi connectivity index (χ1v) is 20.4. The molecule has 0 atom stereocenters. The molecule has 0 saturated carbocycles. The minimum Gasteiger partial charge on any atom is -0.0622 e. The van der Waals surface area contributed by atoms with Gasteiger partial charge in [0, 0.05) is 0 Å². The summed E-state index contributed by atoms with van der Waals surface area (Å²) in [5.74, 6) is 0. The highest BCUT2D eigenvalue weighted by Gasteiger charge is 2.49. The van der Waals surface area contributed by atoms with Gasteiger partial charge in [-0.15, -0.1) is 0 Å². The Hall–Kier alpha value is -7.28. The Morgan fingerprint density at radius 2 is 0.655 bits per heavy atom. The molecule has 0 heterocycles. The lowest BCUT2D eigenvalue weighted by atomic mass is 9.55. The predicted molar refractivity (Wildman–Crippen MR) is 241 cm³/mol. The molecule has 0 amide bonds. The third kappa shape index (κ3) is 4.35. The van der Waals surface area contributed by atoms with Crippen LogP contribution in [0.25, 0.3) is 54.9 Å². The molecule has 0 radical (unpaired) electrons. The van der Waals surface area contributed by atoms with Crippen molar-refractivity contribution in [3.05, 3.63) is 275 Å². The van der Waals surface area contributed by atoms with Gasteiger partial charge in [-0.1, -0.05) is 224 Å².